The summed E-state index contributed by atoms with van der Waals surface area (Å²) in [6.45, 7) is 4.58. The highest BCUT2D eigenvalue weighted by atomic mass is 35.5. The summed E-state index contributed by atoms with van der Waals surface area (Å²) in [5, 5.41) is 3.95. The van der Waals surface area contributed by atoms with Crippen LogP contribution in [0.1, 0.15) is 36.9 Å². The van der Waals surface area contributed by atoms with Crippen molar-refractivity contribution in [3.63, 3.8) is 0 Å². The number of carbonyl (C=O) groups excluding carboxylic acids is 1. The predicted octanol–water partition coefficient (Wildman–Crippen LogP) is 4.45. The second kappa shape index (κ2) is 9.99. The van der Waals surface area contributed by atoms with Gasteiger partial charge in [0, 0.05) is 23.0 Å². The lowest BCUT2D eigenvalue weighted by molar-refractivity contribution is -0.127. The Kier molecular flexibility index (Phi) is 7.40. The number of methoxy groups -OCH3 is 2. The van der Waals surface area contributed by atoms with Crippen LogP contribution in [0.3, 0.4) is 0 Å². The average molecular weight is 417 g/mol. The lowest BCUT2D eigenvalue weighted by atomic mass is 9.94. The second-order valence-electron chi connectivity index (χ2n) is 7.48. The van der Waals surface area contributed by atoms with Crippen molar-refractivity contribution in [3.8, 4) is 11.5 Å². The van der Waals surface area contributed by atoms with E-state index in [4.69, 9.17) is 21.1 Å². The molecular weight excluding hydrogens is 388 g/mol. The fourth-order valence-corrected chi connectivity index (χ4v) is 4.00. The monoisotopic (exact) mass is 416 g/mol. The molecule has 6 heteroatoms. The topological polar surface area (TPSA) is 50.8 Å². The summed E-state index contributed by atoms with van der Waals surface area (Å²) in [6, 6.07) is 13.4. The molecule has 1 heterocycles. The predicted molar refractivity (Wildman–Crippen MR) is 116 cm³/mol. The van der Waals surface area contributed by atoms with Gasteiger partial charge >= 0.3 is 0 Å². The van der Waals surface area contributed by atoms with E-state index in [1.165, 1.54) is 0 Å². The number of amides is 1. The minimum Gasteiger partial charge on any atom is -0.497 e. The standard InChI is InChI=1S/C23H29ClN2O3/c1-16(20-14-19(28-2)8-9-22(20)29-3)25-23(27)17-10-12-26(13-11-17)15-18-6-4-5-7-21(18)24/h4-9,14,16-17H,10-13,15H2,1-3H3,(H,25,27)/t16-/m1/s1. The zero-order chi connectivity index (χ0) is 20.8. The molecule has 1 amide bonds. The van der Waals surface area contributed by atoms with Gasteiger partial charge in [-0.05, 0) is 62.7 Å². The van der Waals surface area contributed by atoms with E-state index in [1.807, 2.05) is 43.3 Å². The molecule has 1 N–H and O–H groups in total. The molecule has 0 spiro atoms. The van der Waals surface area contributed by atoms with Gasteiger partial charge in [0.15, 0.2) is 0 Å². The van der Waals surface area contributed by atoms with Crippen molar-refractivity contribution in [1.82, 2.24) is 10.2 Å². The van der Waals surface area contributed by atoms with Crippen molar-refractivity contribution in [1.29, 1.82) is 0 Å². The highest BCUT2D eigenvalue weighted by Crippen LogP contribution is 2.30. The Morgan fingerprint density at radius 1 is 1.17 bits per heavy atom. The molecule has 156 valence electrons. The summed E-state index contributed by atoms with van der Waals surface area (Å²) in [7, 11) is 3.26. The van der Waals surface area contributed by atoms with Gasteiger partial charge in [-0.2, -0.15) is 0 Å². The molecule has 0 saturated carbocycles. The highest BCUT2D eigenvalue weighted by Gasteiger charge is 2.27. The molecule has 1 aliphatic heterocycles. The number of nitrogens with one attached hydrogen (secondary N) is 1. The van der Waals surface area contributed by atoms with Gasteiger partial charge in [-0.25, -0.2) is 0 Å². The Hall–Kier alpha value is -2.24. The molecule has 1 aliphatic rings. The van der Waals surface area contributed by atoms with E-state index in [9.17, 15) is 4.79 Å². The molecule has 0 unspecified atom stereocenters. The number of likely N-dealkylation sites (tertiary alicyclic amines) is 1. The first kappa shape index (κ1) is 21.5. The zero-order valence-corrected chi connectivity index (χ0v) is 18.0. The summed E-state index contributed by atoms with van der Waals surface area (Å²) in [6.07, 6.45) is 1.69. The van der Waals surface area contributed by atoms with Gasteiger partial charge in [0.05, 0.1) is 20.3 Å². The van der Waals surface area contributed by atoms with Crippen LogP contribution in [0, 0.1) is 5.92 Å². The van der Waals surface area contributed by atoms with Crippen LogP contribution in [0.25, 0.3) is 0 Å². The van der Waals surface area contributed by atoms with Gasteiger partial charge in [0.25, 0.3) is 0 Å². The van der Waals surface area contributed by atoms with Crippen LogP contribution < -0.4 is 14.8 Å². The molecule has 1 fully saturated rings. The SMILES string of the molecule is COc1ccc(OC)c([C@@H](C)NC(=O)C2CCN(Cc3ccccc3Cl)CC2)c1. The van der Waals surface area contributed by atoms with Crippen molar-refractivity contribution in [2.24, 2.45) is 5.92 Å². The average Bonchev–Trinajstić information content (AvgIpc) is 2.75. The first-order valence-electron chi connectivity index (χ1n) is 10.00. The molecule has 0 radical (unpaired) electrons. The van der Waals surface area contributed by atoms with Crippen molar-refractivity contribution >= 4 is 17.5 Å². The van der Waals surface area contributed by atoms with Crippen LogP contribution >= 0.6 is 11.6 Å². The normalized spacial score (nSPS) is 16.3. The first-order valence-corrected chi connectivity index (χ1v) is 10.4. The van der Waals surface area contributed by atoms with Gasteiger partial charge in [-0.3, -0.25) is 9.69 Å². The Morgan fingerprint density at radius 2 is 1.90 bits per heavy atom. The number of halogens is 1. The van der Waals surface area contributed by atoms with Crippen LogP contribution in [0.15, 0.2) is 42.5 Å². The maximum absolute atomic E-state index is 12.8. The van der Waals surface area contributed by atoms with Crippen LogP contribution in [0.2, 0.25) is 5.02 Å². The number of nitrogens with zero attached hydrogens (tertiary/aromatic N) is 1. The van der Waals surface area contributed by atoms with E-state index >= 15 is 0 Å². The number of benzene rings is 2. The van der Waals surface area contributed by atoms with Gasteiger partial charge in [0.2, 0.25) is 5.91 Å². The maximum atomic E-state index is 12.8. The maximum Gasteiger partial charge on any atom is 0.223 e. The summed E-state index contributed by atoms with van der Waals surface area (Å²) in [4.78, 5) is 15.2. The van der Waals surface area contributed by atoms with Crippen LogP contribution in [0.4, 0.5) is 0 Å². The minimum atomic E-state index is -0.159. The van der Waals surface area contributed by atoms with E-state index in [1.54, 1.807) is 14.2 Å². The quantitative estimate of drug-likeness (QED) is 0.724. The number of hydrogen-bond acceptors (Lipinski definition) is 4. The third-order valence-corrected chi connectivity index (χ3v) is 5.94. The minimum absolute atomic E-state index is 0.0246. The van der Waals surface area contributed by atoms with Crippen molar-refractivity contribution in [2.75, 3.05) is 27.3 Å². The van der Waals surface area contributed by atoms with E-state index in [0.717, 1.165) is 60.1 Å². The number of rotatable bonds is 7. The highest BCUT2D eigenvalue weighted by molar-refractivity contribution is 6.31. The smallest absolute Gasteiger partial charge is 0.223 e. The molecule has 5 nitrogen and oxygen atoms in total. The van der Waals surface area contributed by atoms with Gasteiger partial charge in [0.1, 0.15) is 11.5 Å². The molecule has 0 aromatic heterocycles. The lowest BCUT2D eigenvalue weighted by Crippen LogP contribution is -2.41. The van der Waals surface area contributed by atoms with E-state index in [-0.39, 0.29) is 17.9 Å². The Balaban J connectivity index is 1.55. The van der Waals surface area contributed by atoms with E-state index < -0.39 is 0 Å². The van der Waals surface area contributed by atoms with E-state index in [0.29, 0.717) is 0 Å². The number of ether oxygens (including phenoxy) is 2. The van der Waals surface area contributed by atoms with E-state index in [2.05, 4.69) is 16.3 Å². The van der Waals surface area contributed by atoms with Crippen LogP contribution in [-0.4, -0.2) is 38.1 Å². The van der Waals surface area contributed by atoms with Gasteiger partial charge < -0.3 is 14.8 Å². The fraction of sp³-hybridized carbons (Fsp3) is 0.435. The fourth-order valence-electron chi connectivity index (χ4n) is 3.81. The van der Waals surface area contributed by atoms with Crippen molar-refractivity contribution in [3.05, 3.63) is 58.6 Å². The Morgan fingerprint density at radius 3 is 2.55 bits per heavy atom. The van der Waals surface area contributed by atoms with Crippen molar-refractivity contribution < 1.29 is 14.3 Å². The summed E-state index contributed by atoms with van der Waals surface area (Å²) in [5.41, 5.74) is 2.05. The molecule has 1 atom stereocenters. The van der Waals surface area contributed by atoms with Crippen LogP contribution in [0.5, 0.6) is 11.5 Å². The molecule has 3 rings (SSSR count). The summed E-state index contributed by atoms with van der Waals surface area (Å²) < 4.78 is 10.8. The lowest BCUT2D eigenvalue weighted by Gasteiger charge is -2.32. The third-order valence-electron chi connectivity index (χ3n) is 5.57. The summed E-state index contributed by atoms with van der Waals surface area (Å²) >= 11 is 6.27. The molecule has 0 aliphatic carbocycles. The molecule has 29 heavy (non-hydrogen) atoms. The molecule has 0 bridgehead atoms. The first-order chi connectivity index (χ1) is 14.0. The zero-order valence-electron chi connectivity index (χ0n) is 17.3. The van der Waals surface area contributed by atoms with Gasteiger partial charge in [-0.1, -0.05) is 29.8 Å². The van der Waals surface area contributed by atoms with Gasteiger partial charge in [-0.15, -0.1) is 0 Å². The largest absolute Gasteiger partial charge is 0.497 e. The summed E-state index contributed by atoms with van der Waals surface area (Å²) in [5.74, 6) is 1.61. The Bertz CT molecular complexity index is 835. The second-order valence-corrected chi connectivity index (χ2v) is 7.89. The number of carbonyl (C=O) groups is 1. The van der Waals surface area contributed by atoms with Crippen molar-refractivity contribution in [2.45, 2.75) is 32.4 Å². The van der Waals surface area contributed by atoms with Crippen LogP contribution in [-0.2, 0) is 11.3 Å². The molecule has 1 saturated heterocycles. The molecular formula is C23H29ClN2O3. The molecule has 2 aromatic carbocycles. The Labute approximate surface area is 177 Å². The number of piperidine rings is 1. The number of hydrogen-bond donors (Lipinski definition) is 1. The molecule has 2 aromatic rings. The third kappa shape index (κ3) is 5.43.